The Balaban J connectivity index is 3.00. The zero-order valence-electron chi connectivity index (χ0n) is 8.13. The second-order valence-corrected chi connectivity index (χ2v) is 5.15. The molecule has 0 aliphatic rings. The highest BCUT2D eigenvalue weighted by Crippen LogP contribution is 2.18. The fraction of sp³-hybridized carbons (Fsp3) is 0.333. The summed E-state index contributed by atoms with van der Waals surface area (Å²) in [7, 11) is -3.61. The van der Waals surface area contributed by atoms with E-state index in [1.807, 2.05) is 6.92 Å². The Morgan fingerprint density at radius 1 is 1.47 bits per heavy atom. The maximum atomic E-state index is 13.0. The molecule has 1 aromatic carbocycles. The number of hydrogen-bond donors (Lipinski definition) is 1. The molecule has 1 rings (SSSR count). The topological polar surface area (TPSA) is 46.2 Å². The van der Waals surface area contributed by atoms with Crippen LogP contribution in [-0.4, -0.2) is 15.0 Å². The SMILES string of the molecule is CCCNS(=O)(=O)c1ccc(Cl)c(F)c1. The zero-order chi connectivity index (χ0) is 11.5. The van der Waals surface area contributed by atoms with Gasteiger partial charge >= 0.3 is 0 Å². The number of hydrogen-bond acceptors (Lipinski definition) is 2. The molecule has 0 aliphatic carbocycles. The predicted octanol–water partition coefficient (Wildman–Crippen LogP) is 2.17. The van der Waals surface area contributed by atoms with Crippen LogP contribution in [0.3, 0.4) is 0 Å². The van der Waals surface area contributed by atoms with Crippen molar-refractivity contribution in [2.24, 2.45) is 0 Å². The highest BCUT2D eigenvalue weighted by Gasteiger charge is 2.14. The average Bonchev–Trinajstić information content (AvgIpc) is 2.19. The third-order valence-corrected chi connectivity index (χ3v) is 3.51. The molecule has 0 heterocycles. The molecule has 0 aliphatic heterocycles. The second kappa shape index (κ2) is 4.92. The summed E-state index contributed by atoms with van der Waals surface area (Å²) in [5.74, 6) is -0.740. The van der Waals surface area contributed by atoms with Crippen molar-refractivity contribution in [3.8, 4) is 0 Å². The molecule has 0 fully saturated rings. The van der Waals surface area contributed by atoms with Crippen LogP contribution in [0.25, 0.3) is 0 Å². The predicted molar refractivity (Wildman–Crippen MR) is 56.9 cm³/mol. The third-order valence-electron chi connectivity index (χ3n) is 1.74. The summed E-state index contributed by atoms with van der Waals surface area (Å²) in [6.07, 6.45) is 0.676. The molecule has 0 spiro atoms. The van der Waals surface area contributed by atoms with E-state index in [4.69, 9.17) is 11.6 Å². The lowest BCUT2D eigenvalue weighted by Crippen LogP contribution is -2.24. The minimum absolute atomic E-state index is 0.0931. The molecule has 6 heteroatoms. The van der Waals surface area contributed by atoms with E-state index in [0.29, 0.717) is 13.0 Å². The third kappa shape index (κ3) is 3.15. The number of sulfonamides is 1. The lowest BCUT2D eigenvalue weighted by Gasteiger charge is -2.05. The van der Waals surface area contributed by atoms with Gasteiger partial charge in [-0.2, -0.15) is 0 Å². The quantitative estimate of drug-likeness (QED) is 0.892. The maximum Gasteiger partial charge on any atom is 0.240 e. The van der Waals surface area contributed by atoms with Gasteiger partial charge in [-0.3, -0.25) is 0 Å². The van der Waals surface area contributed by atoms with Crippen molar-refractivity contribution in [3.05, 3.63) is 29.0 Å². The standard InChI is InChI=1S/C9H11ClFNO2S/c1-2-5-12-15(13,14)7-3-4-8(10)9(11)6-7/h3-4,6,12H,2,5H2,1H3. The van der Waals surface area contributed by atoms with Gasteiger partial charge in [-0.05, 0) is 24.6 Å². The van der Waals surface area contributed by atoms with Gasteiger partial charge in [0.25, 0.3) is 0 Å². The van der Waals surface area contributed by atoms with Crippen molar-refractivity contribution in [1.29, 1.82) is 0 Å². The normalized spacial score (nSPS) is 11.7. The molecule has 0 radical (unpaired) electrons. The minimum atomic E-state index is -3.61. The van der Waals surface area contributed by atoms with Crippen LogP contribution in [0.2, 0.25) is 5.02 Å². The van der Waals surface area contributed by atoms with Gasteiger partial charge in [0.1, 0.15) is 5.82 Å². The van der Waals surface area contributed by atoms with Crippen LogP contribution in [0.5, 0.6) is 0 Å². The van der Waals surface area contributed by atoms with Crippen molar-refractivity contribution in [3.63, 3.8) is 0 Å². The number of nitrogens with one attached hydrogen (secondary N) is 1. The van der Waals surface area contributed by atoms with Crippen LogP contribution >= 0.6 is 11.6 Å². The van der Waals surface area contributed by atoms with Gasteiger partial charge in [0, 0.05) is 6.54 Å². The van der Waals surface area contributed by atoms with Gasteiger partial charge in [0.2, 0.25) is 10.0 Å². The van der Waals surface area contributed by atoms with E-state index in [-0.39, 0.29) is 9.92 Å². The van der Waals surface area contributed by atoms with Crippen LogP contribution in [0.15, 0.2) is 23.1 Å². The number of halogens is 2. The Kier molecular flexibility index (Phi) is 4.07. The van der Waals surface area contributed by atoms with Crippen LogP contribution in [-0.2, 0) is 10.0 Å². The molecule has 0 saturated heterocycles. The molecule has 0 amide bonds. The molecular weight excluding hydrogens is 241 g/mol. The van der Waals surface area contributed by atoms with E-state index in [1.165, 1.54) is 12.1 Å². The van der Waals surface area contributed by atoms with Crippen LogP contribution < -0.4 is 4.72 Å². The Hall–Kier alpha value is -0.650. The van der Waals surface area contributed by atoms with Gasteiger partial charge < -0.3 is 0 Å². The first-order valence-corrected chi connectivity index (χ1v) is 6.28. The van der Waals surface area contributed by atoms with Crippen LogP contribution in [0.4, 0.5) is 4.39 Å². The van der Waals surface area contributed by atoms with Gasteiger partial charge in [-0.15, -0.1) is 0 Å². The molecule has 0 bridgehead atoms. The summed E-state index contributed by atoms with van der Waals surface area (Å²) in [5, 5.41) is -0.0931. The molecule has 1 aromatic rings. The summed E-state index contributed by atoms with van der Waals surface area (Å²) in [4.78, 5) is -0.113. The molecule has 0 unspecified atom stereocenters. The largest absolute Gasteiger partial charge is 0.240 e. The van der Waals surface area contributed by atoms with Crippen molar-refractivity contribution >= 4 is 21.6 Å². The molecular formula is C9H11ClFNO2S. The van der Waals surface area contributed by atoms with Crippen molar-refractivity contribution in [2.75, 3.05) is 6.54 Å². The molecule has 0 atom stereocenters. The summed E-state index contributed by atoms with van der Waals surface area (Å²) in [5.41, 5.74) is 0. The molecule has 0 aromatic heterocycles. The average molecular weight is 252 g/mol. The summed E-state index contributed by atoms with van der Waals surface area (Å²) >= 11 is 5.44. The maximum absolute atomic E-state index is 13.0. The van der Waals surface area contributed by atoms with Crippen molar-refractivity contribution in [1.82, 2.24) is 4.72 Å². The first-order valence-electron chi connectivity index (χ1n) is 4.42. The van der Waals surface area contributed by atoms with Gasteiger partial charge in [-0.1, -0.05) is 18.5 Å². The summed E-state index contributed by atoms with van der Waals surface area (Å²) < 4.78 is 38.4. The molecule has 1 N–H and O–H groups in total. The van der Waals surface area contributed by atoms with Crippen molar-refractivity contribution < 1.29 is 12.8 Å². The van der Waals surface area contributed by atoms with Gasteiger partial charge in [-0.25, -0.2) is 17.5 Å². The number of benzene rings is 1. The second-order valence-electron chi connectivity index (χ2n) is 2.97. The van der Waals surface area contributed by atoms with E-state index >= 15 is 0 Å². The molecule has 0 saturated carbocycles. The van der Waals surface area contributed by atoms with E-state index < -0.39 is 15.8 Å². The lowest BCUT2D eigenvalue weighted by atomic mass is 10.3. The highest BCUT2D eigenvalue weighted by molar-refractivity contribution is 7.89. The molecule has 84 valence electrons. The number of rotatable bonds is 4. The van der Waals surface area contributed by atoms with E-state index in [0.717, 1.165) is 6.07 Å². The van der Waals surface area contributed by atoms with E-state index in [9.17, 15) is 12.8 Å². The minimum Gasteiger partial charge on any atom is -0.211 e. The van der Waals surface area contributed by atoms with Gasteiger partial charge in [0.15, 0.2) is 0 Å². The Morgan fingerprint density at radius 2 is 2.13 bits per heavy atom. The monoisotopic (exact) mass is 251 g/mol. The Bertz CT molecular complexity index is 447. The first-order chi connectivity index (χ1) is 6.97. The highest BCUT2D eigenvalue weighted by atomic mass is 35.5. The Labute approximate surface area is 93.3 Å². The molecule has 3 nitrogen and oxygen atoms in total. The fourth-order valence-electron chi connectivity index (χ4n) is 0.964. The van der Waals surface area contributed by atoms with E-state index in [2.05, 4.69) is 4.72 Å². The van der Waals surface area contributed by atoms with Gasteiger partial charge in [0.05, 0.1) is 9.92 Å². The lowest BCUT2D eigenvalue weighted by molar-refractivity contribution is 0.577. The summed E-state index contributed by atoms with van der Waals surface area (Å²) in [6.45, 7) is 2.16. The van der Waals surface area contributed by atoms with Crippen LogP contribution in [0.1, 0.15) is 13.3 Å². The van der Waals surface area contributed by atoms with Crippen molar-refractivity contribution in [2.45, 2.75) is 18.2 Å². The fourth-order valence-corrected chi connectivity index (χ4v) is 2.23. The summed E-state index contributed by atoms with van der Waals surface area (Å²) in [6, 6.07) is 3.39. The smallest absolute Gasteiger partial charge is 0.211 e. The first kappa shape index (κ1) is 12.4. The van der Waals surface area contributed by atoms with Crippen LogP contribution in [0, 0.1) is 5.82 Å². The van der Waals surface area contributed by atoms with E-state index in [1.54, 1.807) is 0 Å². The zero-order valence-corrected chi connectivity index (χ0v) is 9.70. The Morgan fingerprint density at radius 3 is 2.67 bits per heavy atom. The molecule has 15 heavy (non-hydrogen) atoms.